The van der Waals surface area contributed by atoms with E-state index in [-0.39, 0.29) is 18.0 Å². The van der Waals surface area contributed by atoms with Crippen LogP contribution in [0.2, 0.25) is 0 Å². The molecule has 0 aliphatic rings. The van der Waals surface area contributed by atoms with Crippen molar-refractivity contribution in [2.45, 2.75) is 6.18 Å². The van der Waals surface area contributed by atoms with Crippen LogP contribution in [0.5, 0.6) is 0 Å². The average Bonchev–Trinajstić information content (AvgIpc) is 2.91. The third-order valence-corrected chi connectivity index (χ3v) is 3.13. The van der Waals surface area contributed by atoms with Gasteiger partial charge in [0.05, 0.1) is 12.1 Å². The van der Waals surface area contributed by atoms with Gasteiger partial charge in [-0.3, -0.25) is 9.59 Å². The van der Waals surface area contributed by atoms with Crippen LogP contribution >= 0.6 is 15.9 Å². The molecule has 1 aromatic heterocycles. The van der Waals surface area contributed by atoms with Crippen molar-refractivity contribution in [2.24, 2.45) is 0 Å². The van der Waals surface area contributed by atoms with Crippen LogP contribution in [0.15, 0.2) is 45.5 Å². The Morgan fingerprint density at radius 1 is 1.09 bits per heavy atom. The summed E-state index contributed by atoms with van der Waals surface area (Å²) in [5.41, 5.74) is -0.620. The van der Waals surface area contributed by atoms with Crippen LogP contribution in [0.1, 0.15) is 16.1 Å². The summed E-state index contributed by atoms with van der Waals surface area (Å²) in [6.07, 6.45) is -4.44. The number of furan rings is 1. The zero-order valence-corrected chi connectivity index (χ0v) is 13.0. The van der Waals surface area contributed by atoms with Crippen molar-refractivity contribution in [3.63, 3.8) is 0 Å². The largest absolute Gasteiger partial charge is 0.444 e. The van der Waals surface area contributed by atoms with Gasteiger partial charge >= 0.3 is 6.18 Å². The molecule has 0 spiro atoms. The summed E-state index contributed by atoms with van der Waals surface area (Å²) in [6.45, 7) is -0.349. The Balaban J connectivity index is 1.86. The van der Waals surface area contributed by atoms with Crippen LogP contribution in [0.4, 0.5) is 18.9 Å². The highest BCUT2D eigenvalue weighted by Gasteiger charge is 2.29. The van der Waals surface area contributed by atoms with Gasteiger partial charge in [-0.25, -0.2) is 0 Å². The fourth-order valence-electron chi connectivity index (χ4n) is 1.63. The van der Waals surface area contributed by atoms with Crippen LogP contribution in [0, 0.1) is 0 Å². The third-order valence-electron chi connectivity index (χ3n) is 2.70. The molecule has 0 saturated carbocycles. The molecule has 0 atom stereocenters. The molecule has 0 fully saturated rings. The van der Waals surface area contributed by atoms with E-state index in [2.05, 4.69) is 26.6 Å². The SMILES string of the molecule is O=C(CNC(=O)c1ccc(Br)o1)Nc1ccc(C(F)(F)F)cc1. The summed E-state index contributed by atoms with van der Waals surface area (Å²) < 4.78 is 42.6. The number of nitrogens with one attached hydrogen (secondary N) is 2. The Kier molecular flexibility index (Phi) is 5.09. The molecule has 1 heterocycles. The van der Waals surface area contributed by atoms with Crippen LogP contribution in [-0.4, -0.2) is 18.4 Å². The third kappa shape index (κ3) is 4.85. The summed E-state index contributed by atoms with van der Waals surface area (Å²) in [6, 6.07) is 6.92. The van der Waals surface area contributed by atoms with Gasteiger partial charge in [0.25, 0.3) is 5.91 Å². The van der Waals surface area contributed by atoms with E-state index < -0.39 is 23.6 Å². The lowest BCUT2D eigenvalue weighted by Crippen LogP contribution is -2.32. The number of hydrogen-bond acceptors (Lipinski definition) is 3. The van der Waals surface area contributed by atoms with Crippen LogP contribution in [0.25, 0.3) is 0 Å². The Morgan fingerprint density at radius 3 is 2.26 bits per heavy atom. The number of carbonyl (C=O) groups is 2. The molecular weight excluding hydrogens is 381 g/mol. The van der Waals surface area contributed by atoms with Crippen molar-refractivity contribution >= 4 is 33.4 Å². The van der Waals surface area contributed by atoms with Crippen molar-refractivity contribution in [3.05, 3.63) is 52.4 Å². The van der Waals surface area contributed by atoms with Gasteiger partial charge in [0.1, 0.15) is 0 Å². The highest BCUT2D eigenvalue weighted by atomic mass is 79.9. The number of amides is 2. The lowest BCUT2D eigenvalue weighted by atomic mass is 10.2. The summed E-state index contributed by atoms with van der Waals surface area (Å²) in [5.74, 6) is -1.14. The molecule has 0 aliphatic heterocycles. The fraction of sp³-hybridized carbons (Fsp3) is 0.143. The van der Waals surface area contributed by atoms with E-state index in [4.69, 9.17) is 4.42 Å². The first-order valence-corrected chi connectivity index (χ1v) is 7.05. The van der Waals surface area contributed by atoms with E-state index in [0.29, 0.717) is 4.67 Å². The molecule has 0 bridgehead atoms. The van der Waals surface area contributed by atoms with Crippen molar-refractivity contribution in [1.82, 2.24) is 5.32 Å². The fourth-order valence-corrected chi connectivity index (χ4v) is 1.94. The first-order chi connectivity index (χ1) is 10.8. The van der Waals surface area contributed by atoms with Crippen molar-refractivity contribution in [2.75, 3.05) is 11.9 Å². The molecule has 0 aliphatic carbocycles. The average molecular weight is 391 g/mol. The standard InChI is InChI=1S/C14H10BrF3N2O3/c15-11-6-5-10(23-11)13(22)19-7-12(21)20-9-3-1-8(2-4-9)14(16,17)18/h1-6H,7H2,(H,19,22)(H,20,21). The number of hydrogen-bond donors (Lipinski definition) is 2. The van der Waals surface area contributed by atoms with Crippen LogP contribution < -0.4 is 10.6 Å². The molecular formula is C14H10BrF3N2O3. The normalized spacial score (nSPS) is 11.1. The maximum atomic E-state index is 12.4. The number of benzene rings is 1. The lowest BCUT2D eigenvalue weighted by molar-refractivity contribution is -0.137. The van der Waals surface area contributed by atoms with E-state index in [1.54, 1.807) is 0 Å². The smallest absolute Gasteiger partial charge is 0.416 e. The molecule has 0 radical (unpaired) electrons. The number of anilines is 1. The Bertz CT molecular complexity index is 711. The van der Waals surface area contributed by atoms with E-state index in [9.17, 15) is 22.8 Å². The topological polar surface area (TPSA) is 71.3 Å². The zero-order chi connectivity index (χ0) is 17.0. The highest BCUT2D eigenvalue weighted by molar-refractivity contribution is 9.10. The lowest BCUT2D eigenvalue weighted by Gasteiger charge is -2.09. The minimum absolute atomic E-state index is 0.0270. The molecule has 1 aromatic carbocycles. The van der Waals surface area contributed by atoms with Gasteiger partial charge in [-0.15, -0.1) is 0 Å². The molecule has 2 N–H and O–H groups in total. The number of halogens is 4. The first kappa shape index (κ1) is 17.1. The van der Waals surface area contributed by atoms with Gasteiger partial charge in [0.15, 0.2) is 10.4 Å². The van der Waals surface area contributed by atoms with Crippen molar-refractivity contribution < 1.29 is 27.2 Å². The van der Waals surface area contributed by atoms with E-state index >= 15 is 0 Å². The van der Waals surface area contributed by atoms with Gasteiger partial charge in [0.2, 0.25) is 5.91 Å². The van der Waals surface area contributed by atoms with Gasteiger partial charge < -0.3 is 15.1 Å². The second-order valence-corrected chi connectivity index (χ2v) is 5.19. The molecule has 2 amide bonds. The molecule has 5 nitrogen and oxygen atoms in total. The van der Waals surface area contributed by atoms with E-state index in [1.807, 2.05) is 0 Å². The molecule has 122 valence electrons. The van der Waals surface area contributed by atoms with E-state index in [1.165, 1.54) is 12.1 Å². The van der Waals surface area contributed by atoms with Gasteiger partial charge in [-0.05, 0) is 52.3 Å². The Hall–Kier alpha value is -2.29. The van der Waals surface area contributed by atoms with Gasteiger partial charge in [-0.1, -0.05) is 0 Å². The predicted octanol–water partition coefficient (Wildman–Crippen LogP) is 3.43. The number of carbonyl (C=O) groups excluding carboxylic acids is 2. The maximum Gasteiger partial charge on any atom is 0.416 e. The van der Waals surface area contributed by atoms with Gasteiger partial charge in [-0.2, -0.15) is 13.2 Å². The molecule has 0 saturated heterocycles. The first-order valence-electron chi connectivity index (χ1n) is 6.26. The second-order valence-electron chi connectivity index (χ2n) is 4.41. The summed E-state index contributed by atoms with van der Waals surface area (Å²) in [7, 11) is 0. The molecule has 2 rings (SSSR count). The molecule has 0 unspecified atom stereocenters. The molecule has 23 heavy (non-hydrogen) atoms. The zero-order valence-electron chi connectivity index (χ0n) is 11.4. The Labute approximate surface area is 137 Å². The predicted molar refractivity (Wildman–Crippen MR) is 78.8 cm³/mol. The molecule has 9 heteroatoms. The minimum atomic E-state index is -4.44. The summed E-state index contributed by atoms with van der Waals surface area (Å²) in [5, 5.41) is 4.69. The van der Waals surface area contributed by atoms with Crippen molar-refractivity contribution in [1.29, 1.82) is 0 Å². The van der Waals surface area contributed by atoms with Crippen molar-refractivity contribution in [3.8, 4) is 0 Å². The van der Waals surface area contributed by atoms with E-state index in [0.717, 1.165) is 24.3 Å². The number of rotatable bonds is 4. The molecule has 2 aromatic rings. The minimum Gasteiger partial charge on any atom is -0.444 e. The quantitative estimate of drug-likeness (QED) is 0.839. The Morgan fingerprint density at radius 2 is 1.74 bits per heavy atom. The van der Waals surface area contributed by atoms with Gasteiger partial charge in [0, 0.05) is 5.69 Å². The number of alkyl halides is 3. The van der Waals surface area contributed by atoms with Crippen LogP contribution in [0.3, 0.4) is 0 Å². The maximum absolute atomic E-state index is 12.4. The second kappa shape index (κ2) is 6.86. The monoisotopic (exact) mass is 390 g/mol. The highest BCUT2D eigenvalue weighted by Crippen LogP contribution is 2.29. The summed E-state index contributed by atoms with van der Waals surface area (Å²) in [4.78, 5) is 23.3. The summed E-state index contributed by atoms with van der Waals surface area (Å²) >= 11 is 3.04. The van der Waals surface area contributed by atoms with Crippen LogP contribution in [-0.2, 0) is 11.0 Å².